The van der Waals surface area contributed by atoms with Crippen molar-refractivity contribution < 1.29 is 13.9 Å². The van der Waals surface area contributed by atoms with Gasteiger partial charge in [0.05, 0.1) is 17.3 Å². The quantitative estimate of drug-likeness (QED) is 0.323. The maximum Gasteiger partial charge on any atom is 0.350 e. The van der Waals surface area contributed by atoms with Gasteiger partial charge in [0.2, 0.25) is 0 Å². The number of nitrogens with one attached hydrogen (secondary N) is 2. The molecule has 0 fully saturated rings. The molecule has 1 atom stereocenters. The normalized spacial score (nSPS) is 12.0. The van der Waals surface area contributed by atoms with E-state index in [2.05, 4.69) is 20.6 Å². The van der Waals surface area contributed by atoms with Gasteiger partial charge in [-0.2, -0.15) is 9.78 Å². The molecule has 1 amide bonds. The van der Waals surface area contributed by atoms with Gasteiger partial charge in [0, 0.05) is 30.6 Å². The van der Waals surface area contributed by atoms with Gasteiger partial charge in [0.1, 0.15) is 29.2 Å². The van der Waals surface area contributed by atoms with E-state index in [0.717, 1.165) is 32.8 Å². The van der Waals surface area contributed by atoms with E-state index in [1.165, 1.54) is 10.6 Å². The van der Waals surface area contributed by atoms with Crippen molar-refractivity contribution in [3.63, 3.8) is 0 Å². The number of benzene rings is 3. The number of hydrogen-bond donors (Lipinski definition) is 2. The second-order valence-corrected chi connectivity index (χ2v) is 9.07. The first-order valence-corrected chi connectivity index (χ1v) is 12.2. The Hall–Kier alpha value is -4.73. The zero-order valence-electron chi connectivity index (χ0n) is 21.4. The average molecular weight is 515 g/mol. The van der Waals surface area contributed by atoms with Gasteiger partial charge in [-0.3, -0.25) is 14.5 Å². The van der Waals surface area contributed by atoms with Gasteiger partial charge in [-0.25, -0.2) is 9.18 Å². The Morgan fingerprint density at radius 1 is 1.18 bits per heavy atom. The number of ether oxygens (including phenoxy) is 1. The third kappa shape index (κ3) is 4.56. The van der Waals surface area contributed by atoms with E-state index in [-0.39, 0.29) is 17.0 Å². The number of halogens is 1. The number of aromatic amines is 1. The molecule has 2 N–H and O–H groups in total. The zero-order chi connectivity index (χ0) is 27.0. The molecule has 0 saturated carbocycles. The van der Waals surface area contributed by atoms with Crippen LogP contribution < -0.4 is 15.7 Å². The molecule has 10 heteroatoms. The third-order valence-electron chi connectivity index (χ3n) is 6.51. The number of aromatic nitrogens is 5. The van der Waals surface area contributed by atoms with Crippen LogP contribution in [0, 0.1) is 12.7 Å². The molecule has 0 spiro atoms. The van der Waals surface area contributed by atoms with E-state index in [1.807, 2.05) is 57.2 Å². The molecule has 194 valence electrons. The van der Waals surface area contributed by atoms with Crippen LogP contribution >= 0.6 is 0 Å². The van der Waals surface area contributed by atoms with Crippen LogP contribution in [-0.2, 0) is 13.5 Å². The van der Waals surface area contributed by atoms with Gasteiger partial charge in [-0.1, -0.05) is 37.3 Å². The van der Waals surface area contributed by atoms with Crippen LogP contribution in [0.4, 0.5) is 10.1 Å². The van der Waals surface area contributed by atoms with E-state index in [4.69, 9.17) is 4.74 Å². The molecule has 0 saturated heterocycles. The van der Waals surface area contributed by atoms with E-state index >= 15 is 4.39 Å². The lowest BCUT2D eigenvalue weighted by Crippen LogP contribution is -2.23. The van der Waals surface area contributed by atoms with Crippen molar-refractivity contribution in [2.45, 2.75) is 33.3 Å². The molecule has 2 aromatic heterocycles. The number of fused-ring (bicyclic) bond motifs is 1. The van der Waals surface area contributed by atoms with Gasteiger partial charge >= 0.3 is 5.69 Å². The van der Waals surface area contributed by atoms with E-state index in [1.54, 1.807) is 19.3 Å². The van der Waals surface area contributed by atoms with Crippen LogP contribution in [0.25, 0.3) is 16.6 Å². The third-order valence-corrected chi connectivity index (χ3v) is 6.51. The Kier molecular flexibility index (Phi) is 6.54. The fourth-order valence-corrected chi connectivity index (χ4v) is 4.33. The molecular weight excluding hydrogens is 487 g/mol. The van der Waals surface area contributed by atoms with Gasteiger partial charge in [0.25, 0.3) is 5.91 Å². The van der Waals surface area contributed by atoms with Crippen molar-refractivity contribution in [1.29, 1.82) is 0 Å². The first-order valence-electron chi connectivity index (χ1n) is 12.2. The van der Waals surface area contributed by atoms with Crippen LogP contribution in [-0.4, -0.2) is 30.5 Å². The molecule has 9 nitrogen and oxygen atoms in total. The number of anilines is 1. The molecule has 0 aliphatic carbocycles. The number of carbonyl (C=O) groups is 1. The second-order valence-electron chi connectivity index (χ2n) is 9.07. The lowest BCUT2D eigenvalue weighted by atomic mass is 10.1. The highest BCUT2D eigenvalue weighted by Crippen LogP contribution is 2.31. The molecule has 0 aliphatic rings. The first kappa shape index (κ1) is 24.9. The topological polar surface area (TPSA) is 107 Å². The molecule has 0 radical (unpaired) electrons. The van der Waals surface area contributed by atoms with Crippen LogP contribution in [0.3, 0.4) is 0 Å². The predicted molar refractivity (Wildman–Crippen MR) is 142 cm³/mol. The van der Waals surface area contributed by atoms with E-state index < -0.39 is 23.5 Å². The van der Waals surface area contributed by atoms with Crippen molar-refractivity contribution in [2.24, 2.45) is 7.05 Å². The van der Waals surface area contributed by atoms with Crippen LogP contribution in [0.5, 0.6) is 5.75 Å². The van der Waals surface area contributed by atoms with Crippen molar-refractivity contribution in [3.8, 4) is 11.4 Å². The van der Waals surface area contributed by atoms with Crippen molar-refractivity contribution in [3.05, 3.63) is 99.6 Å². The number of hydrogen-bond acceptors (Lipinski definition) is 5. The zero-order valence-corrected chi connectivity index (χ0v) is 21.4. The minimum Gasteiger partial charge on any atom is -0.485 e. The Balaban J connectivity index is 1.58. The summed E-state index contributed by atoms with van der Waals surface area (Å²) in [6.07, 6.45) is 1.69. The predicted octanol–water partition coefficient (Wildman–Crippen LogP) is 4.85. The number of carbonyl (C=O) groups excluding carboxylic acids is 1. The van der Waals surface area contributed by atoms with Gasteiger partial charge in [-0.15, -0.1) is 5.10 Å². The number of H-pyrrole nitrogens is 1. The summed E-state index contributed by atoms with van der Waals surface area (Å²) in [5.74, 6) is -0.714. The Labute approximate surface area is 217 Å². The Morgan fingerprint density at radius 3 is 2.66 bits per heavy atom. The summed E-state index contributed by atoms with van der Waals surface area (Å²) in [5, 5.41) is 14.9. The molecule has 2 heterocycles. The average Bonchev–Trinajstić information content (AvgIpc) is 3.48. The first-order chi connectivity index (χ1) is 18.3. The standard InChI is InChI=1S/C28H27FN6O3/c1-5-26-33-35(28(37)34(26)4)24-14-25(38-17(3)18-9-7-6-8-10-18)20(13-21(24)29)27(36)31-22-12-19-15-30-32-23(19)11-16(22)2/h6-15,17H,5H2,1-4H3,(H,30,32)(H,31,36)/t17-/m0/s1. The summed E-state index contributed by atoms with van der Waals surface area (Å²) >= 11 is 0. The minimum absolute atomic E-state index is 0.0135. The molecule has 5 aromatic rings. The Morgan fingerprint density at radius 2 is 1.95 bits per heavy atom. The summed E-state index contributed by atoms with van der Waals surface area (Å²) in [5.41, 5.74) is 2.46. The van der Waals surface area contributed by atoms with Gasteiger partial charge in [-0.05, 0) is 43.2 Å². The summed E-state index contributed by atoms with van der Waals surface area (Å²) in [6.45, 7) is 5.54. The maximum absolute atomic E-state index is 15.5. The highest BCUT2D eigenvalue weighted by atomic mass is 19.1. The summed E-state index contributed by atoms with van der Waals surface area (Å²) in [7, 11) is 1.58. The molecule has 0 unspecified atom stereocenters. The largest absolute Gasteiger partial charge is 0.485 e. The molecule has 5 rings (SSSR count). The molecular formula is C28H27FN6O3. The molecule has 0 bridgehead atoms. The van der Waals surface area contributed by atoms with Crippen LogP contribution in [0.1, 0.15) is 47.3 Å². The fourth-order valence-electron chi connectivity index (χ4n) is 4.33. The second kappa shape index (κ2) is 9.97. The maximum atomic E-state index is 15.5. The van der Waals surface area contributed by atoms with Crippen molar-refractivity contribution in [2.75, 3.05) is 5.32 Å². The van der Waals surface area contributed by atoms with Gasteiger partial charge in [0.15, 0.2) is 0 Å². The number of rotatable bonds is 7. The minimum atomic E-state index is -0.778. The smallest absolute Gasteiger partial charge is 0.350 e. The molecule has 38 heavy (non-hydrogen) atoms. The summed E-state index contributed by atoms with van der Waals surface area (Å²) in [6, 6.07) is 15.5. The van der Waals surface area contributed by atoms with Crippen molar-refractivity contribution >= 4 is 22.5 Å². The summed E-state index contributed by atoms with van der Waals surface area (Å²) in [4.78, 5) is 26.3. The summed E-state index contributed by atoms with van der Waals surface area (Å²) < 4.78 is 24.1. The number of amides is 1. The van der Waals surface area contributed by atoms with Crippen molar-refractivity contribution in [1.82, 2.24) is 24.5 Å². The van der Waals surface area contributed by atoms with E-state index in [0.29, 0.717) is 17.9 Å². The SMILES string of the molecule is CCc1nn(-c2cc(O[C@@H](C)c3ccccc3)c(C(=O)Nc3cc4cn[nH]c4cc3C)cc2F)c(=O)n1C. The highest BCUT2D eigenvalue weighted by Gasteiger charge is 2.23. The highest BCUT2D eigenvalue weighted by molar-refractivity contribution is 6.07. The monoisotopic (exact) mass is 514 g/mol. The van der Waals surface area contributed by atoms with Crippen LogP contribution in [0.2, 0.25) is 0 Å². The molecule has 3 aromatic carbocycles. The Bertz CT molecular complexity index is 1700. The van der Waals surface area contributed by atoms with Crippen LogP contribution in [0.15, 0.2) is 65.6 Å². The lowest BCUT2D eigenvalue weighted by Gasteiger charge is -2.19. The number of aryl methyl sites for hydroxylation is 2. The van der Waals surface area contributed by atoms with Gasteiger partial charge < -0.3 is 10.1 Å². The lowest BCUT2D eigenvalue weighted by molar-refractivity contribution is 0.101. The molecule has 0 aliphatic heterocycles. The number of nitrogens with zero attached hydrogens (tertiary/aromatic N) is 4. The fraction of sp³-hybridized carbons (Fsp3) is 0.214. The van der Waals surface area contributed by atoms with E-state index in [9.17, 15) is 9.59 Å².